The zero-order valence-corrected chi connectivity index (χ0v) is 11.6. The lowest BCUT2D eigenvalue weighted by Crippen LogP contribution is -2.08. The van der Waals surface area contributed by atoms with Crippen molar-refractivity contribution in [3.8, 4) is 0 Å². The molecule has 0 bridgehead atoms. The second kappa shape index (κ2) is 9.70. The fraction of sp³-hybridized carbons (Fsp3) is 0.875. The monoisotopic (exact) mass is 238 g/mol. The van der Waals surface area contributed by atoms with Crippen molar-refractivity contribution in [2.24, 2.45) is 5.92 Å². The summed E-state index contributed by atoms with van der Waals surface area (Å²) >= 11 is 0. The summed E-state index contributed by atoms with van der Waals surface area (Å²) in [5.41, 5.74) is 1.54. The van der Waals surface area contributed by atoms with Crippen LogP contribution in [0.3, 0.4) is 0 Å². The first-order valence-corrected chi connectivity index (χ1v) is 7.68. The molecule has 0 aromatic rings. The number of hydrogen-bond acceptors (Lipinski definition) is 1. The smallest absolute Gasteiger partial charge is 0.0496 e. The fourth-order valence-electron chi connectivity index (χ4n) is 2.80. The lowest BCUT2D eigenvalue weighted by Gasteiger charge is -2.17. The molecule has 0 spiro atoms. The van der Waals surface area contributed by atoms with Crippen LogP contribution in [0.1, 0.15) is 77.6 Å². The topological polar surface area (TPSA) is 20.2 Å². The van der Waals surface area contributed by atoms with E-state index in [9.17, 15) is 5.11 Å². The second-order valence-corrected chi connectivity index (χ2v) is 5.43. The Bertz CT molecular complexity index is 204. The Hall–Kier alpha value is -0.300. The minimum Gasteiger partial charge on any atom is -0.396 e. The lowest BCUT2D eigenvalue weighted by atomic mass is 9.90. The summed E-state index contributed by atoms with van der Waals surface area (Å²) in [5.74, 6) is 0.429. The molecule has 1 aliphatic carbocycles. The van der Waals surface area contributed by atoms with Crippen LogP contribution in [0.2, 0.25) is 0 Å². The fourth-order valence-corrected chi connectivity index (χ4v) is 2.80. The molecule has 1 aliphatic rings. The minimum atomic E-state index is 0.336. The summed E-state index contributed by atoms with van der Waals surface area (Å²) in [6.45, 7) is 2.53. The Morgan fingerprint density at radius 3 is 2.18 bits per heavy atom. The zero-order chi connectivity index (χ0) is 12.3. The van der Waals surface area contributed by atoms with Crippen molar-refractivity contribution in [2.75, 3.05) is 6.61 Å². The molecule has 0 aliphatic heterocycles. The molecule has 0 fully saturated rings. The third-order valence-corrected chi connectivity index (χ3v) is 4.06. The van der Waals surface area contributed by atoms with E-state index in [-0.39, 0.29) is 0 Å². The van der Waals surface area contributed by atoms with Crippen LogP contribution in [0.5, 0.6) is 0 Å². The van der Waals surface area contributed by atoms with Crippen molar-refractivity contribution < 1.29 is 5.11 Å². The number of rotatable bonds is 3. The van der Waals surface area contributed by atoms with Crippen LogP contribution >= 0.6 is 0 Å². The van der Waals surface area contributed by atoms with Gasteiger partial charge in [-0.3, -0.25) is 0 Å². The van der Waals surface area contributed by atoms with Crippen molar-refractivity contribution in [2.45, 2.75) is 77.6 Å². The van der Waals surface area contributed by atoms with Gasteiger partial charge in [0.25, 0.3) is 0 Å². The largest absolute Gasteiger partial charge is 0.396 e. The summed E-state index contributed by atoms with van der Waals surface area (Å²) in [7, 11) is 0. The van der Waals surface area contributed by atoms with Crippen LogP contribution in [0.4, 0.5) is 0 Å². The first kappa shape index (κ1) is 14.8. The third-order valence-electron chi connectivity index (χ3n) is 4.06. The molecule has 1 nitrogen and oxygen atoms in total. The highest BCUT2D eigenvalue weighted by Crippen LogP contribution is 2.23. The first-order valence-electron chi connectivity index (χ1n) is 7.68. The standard InChI is InChI=1S/C16H30O/c1-2-15(14-17)16-12-10-8-6-4-3-5-7-9-11-13-16/h12,15,17H,2-11,13-14H2,1H3. The van der Waals surface area contributed by atoms with Gasteiger partial charge < -0.3 is 5.11 Å². The van der Waals surface area contributed by atoms with Gasteiger partial charge in [-0.15, -0.1) is 0 Å². The molecule has 0 saturated carbocycles. The van der Waals surface area contributed by atoms with E-state index in [4.69, 9.17) is 0 Å². The van der Waals surface area contributed by atoms with E-state index >= 15 is 0 Å². The van der Waals surface area contributed by atoms with E-state index in [2.05, 4.69) is 13.0 Å². The normalized spacial score (nSPS) is 22.1. The van der Waals surface area contributed by atoms with Gasteiger partial charge >= 0.3 is 0 Å². The molecule has 0 heterocycles. The SMILES string of the molecule is CCC(CO)C1=CCCCCCCCCCC1. The highest BCUT2D eigenvalue weighted by molar-refractivity contribution is 5.07. The highest BCUT2D eigenvalue weighted by atomic mass is 16.3. The van der Waals surface area contributed by atoms with Gasteiger partial charge in [-0.1, -0.05) is 57.1 Å². The van der Waals surface area contributed by atoms with Crippen LogP contribution in [-0.4, -0.2) is 11.7 Å². The van der Waals surface area contributed by atoms with Crippen LogP contribution in [-0.2, 0) is 0 Å². The molecule has 0 aromatic carbocycles. The molecule has 1 atom stereocenters. The lowest BCUT2D eigenvalue weighted by molar-refractivity contribution is 0.239. The van der Waals surface area contributed by atoms with Crippen molar-refractivity contribution in [1.82, 2.24) is 0 Å². The predicted molar refractivity (Wildman–Crippen MR) is 75.1 cm³/mol. The number of aliphatic hydroxyl groups is 1. The Morgan fingerprint density at radius 1 is 1.00 bits per heavy atom. The summed E-state index contributed by atoms with van der Waals surface area (Å²) in [4.78, 5) is 0. The maximum absolute atomic E-state index is 9.43. The van der Waals surface area contributed by atoms with Gasteiger partial charge in [-0.05, 0) is 32.1 Å². The average molecular weight is 238 g/mol. The number of hydrogen-bond donors (Lipinski definition) is 1. The maximum Gasteiger partial charge on any atom is 0.0496 e. The zero-order valence-electron chi connectivity index (χ0n) is 11.6. The van der Waals surface area contributed by atoms with Gasteiger partial charge in [0.2, 0.25) is 0 Å². The van der Waals surface area contributed by atoms with Gasteiger partial charge in [-0.25, -0.2) is 0 Å². The summed E-state index contributed by atoms with van der Waals surface area (Å²) in [5, 5.41) is 9.43. The van der Waals surface area contributed by atoms with Crippen LogP contribution in [0.15, 0.2) is 11.6 Å². The predicted octanol–water partition coefficient (Wildman–Crippen LogP) is 4.85. The van der Waals surface area contributed by atoms with Crippen molar-refractivity contribution >= 4 is 0 Å². The van der Waals surface area contributed by atoms with Crippen LogP contribution in [0, 0.1) is 5.92 Å². The van der Waals surface area contributed by atoms with Gasteiger partial charge in [-0.2, -0.15) is 0 Å². The molecular weight excluding hydrogens is 208 g/mol. The minimum absolute atomic E-state index is 0.336. The van der Waals surface area contributed by atoms with E-state index in [1.165, 1.54) is 69.8 Å². The molecule has 0 radical (unpaired) electrons. The molecule has 0 saturated heterocycles. The molecule has 0 amide bonds. The Balaban J connectivity index is 2.49. The van der Waals surface area contributed by atoms with E-state index in [1.807, 2.05) is 0 Å². The second-order valence-electron chi connectivity index (χ2n) is 5.43. The average Bonchev–Trinajstić information content (AvgIpc) is 2.33. The van der Waals surface area contributed by atoms with Gasteiger partial charge in [0.1, 0.15) is 0 Å². The van der Waals surface area contributed by atoms with Crippen LogP contribution < -0.4 is 0 Å². The molecule has 1 N–H and O–H groups in total. The first-order chi connectivity index (χ1) is 8.38. The molecule has 17 heavy (non-hydrogen) atoms. The summed E-state index contributed by atoms with van der Waals surface area (Å²) in [6.07, 6.45) is 17.1. The van der Waals surface area contributed by atoms with E-state index in [0.29, 0.717) is 12.5 Å². The highest BCUT2D eigenvalue weighted by Gasteiger charge is 2.10. The molecule has 100 valence electrons. The maximum atomic E-state index is 9.43. The molecule has 0 aromatic heterocycles. The van der Waals surface area contributed by atoms with Crippen molar-refractivity contribution in [3.63, 3.8) is 0 Å². The molecule has 1 unspecified atom stereocenters. The Labute approximate surface area is 107 Å². The van der Waals surface area contributed by atoms with Gasteiger partial charge in [0.15, 0.2) is 0 Å². The van der Waals surface area contributed by atoms with E-state index in [0.717, 1.165) is 6.42 Å². The summed E-state index contributed by atoms with van der Waals surface area (Å²) in [6, 6.07) is 0. The van der Waals surface area contributed by atoms with Crippen molar-refractivity contribution in [3.05, 3.63) is 11.6 Å². The Morgan fingerprint density at radius 2 is 1.59 bits per heavy atom. The molecule has 1 heteroatoms. The third kappa shape index (κ3) is 6.26. The quantitative estimate of drug-likeness (QED) is 0.697. The van der Waals surface area contributed by atoms with Crippen molar-refractivity contribution in [1.29, 1.82) is 0 Å². The van der Waals surface area contributed by atoms with Gasteiger partial charge in [0, 0.05) is 12.5 Å². The number of aliphatic hydroxyl groups excluding tert-OH is 1. The van der Waals surface area contributed by atoms with E-state index < -0.39 is 0 Å². The van der Waals surface area contributed by atoms with E-state index in [1.54, 1.807) is 0 Å². The molecule has 1 rings (SSSR count). The summed E-state index contributed by atoms with van der Waals surface area (Å²) < 4.78 is 0. The number of allylic oxidation sites excluding steroid dienone is 1. The molecular formula is C16H30O. The van der Waals surface area contributed by atoms with Gasteiger partial charge in [0.05, 0.1) is 0 Å². The van der Waals surface area contributed by atoms with Crippen LogP contribution in [0.25, 0.3) is 0 Å². The Kier molecular flexibility index (Phi) is 8.42.